The number of rotatable bonds is 9. The minimum atomic E-state index is 0.333. The van der Waals surface area contributed by atoms with E-state index in [0.717, 1.165) is 64.6 Å². The molecule has 144 valence electrons. The van der Waals surface area contributed by atoms with Gasteiger partial charge in [0.15, 0.2) is 5.96 Å². The molecule has 2 rings (SSSR count). The zero-order chi connectivity index (χ0) is 17.9. The Labute approximate surface area is 153 Å². The van der Waals surface area contributed by atoms with Crippen LogP contribution in [0.4, 0.5) is 0 Å². The molecule has 2 N–H and O–H groups in total. The smallest absolute Gasteiger partial charge is 0.225 e. The van der Waals surface area contributed by atoms with Gasteiger partial charge in [-0.15, -0.1) is 0 Å². The van der Waals surface area contributed by atoms with E-state index < -0.39 is 0 Å². The third-order valence-corrected chi connectivity index (χ3v) is 5.41. The van der Waals surface area contributed by atoms with Crippen LogP contribution in [0.25, 0.3) is 0 Å². The van der Waals surface area contributed by atoms with E-state index in [0.29, 0.717) is 11.8 Å². The third kappa shape index (κ3) is 6.84. The Morgan fingerprint density at radius 3 is 2.36 bits per heavy atom. The van der Waals surface area contributed by atoms with E-state index in [-0.39, 0.29) is 0 Å². The predicted molar refractivity (Wildman–Crippen MR) is 104 cm³/mol. The number of carbonyl (C=O) groups excluding carboxylic acids is 1. The molecule has 1 saturated carbocycles. The van der Waals surface area contributed by atoms with Gasteiger partial charge in [0.1, 0.15) is 0 Å². The fraction of sp³-hybridized carbons (Fsp3) is 0.895. The molecule has 6 heteroatoms. The topological polar surface area (TPSA) is 60.0 Å². The fourth-order valence-electron chi connectivity index (χ4n) is 3.42. The second-order valence-corrected chi connectivity index (χ2v) is 7.28. The molecule has 1 saturated heterocycles. The maximum absolute atomic E-state index is 12.3. The van der Waals surface area contributed by atoms with Crippen molar-refractivity contribution in [1.29, 1.82) is 0 Å². The van der Waals surface area contributed by atoms with E-state index >= 15 is 0 Å². The molecule has 0 unspecified atom stereocenters. The van der Waals surface area contributed by atoms with E-state index in [1.165, 1.54) is 32.1 Å². The van der Waals surface area contributed by atoms with Gasteiger partial charge in [0.2, 0.25) is 5.91 Å². The van der Waals surface area contributed by atoms with Gasteiger partial charge in [-0.25, -0.2) is 0 Å². The van der Waals surface area contributed by atoms with Crippen molar-refractivity contribution in [1.82, 2.24) is 20.4 Å². The Bertz CT molecular complexity index is 414. The van der Waals surface area contributed by atoms with Crippen LogP contribution in [-0.2, 0) is 4.79 Å². The van der Waals surface area contributed by atoms with Crippen molar-refractivity contribution >= 4 is 11.9 Å². The minimum absolute atomic E-state index is 0.333. The Morgan fingerprint density at radius 2 is 1.76 bits per heavy atom. The van der Waals surface area contributed by atoms with Crippen molar-refractivity contribution in [2.45, 2.75) is 51.9 Å². The maximum Gasteiger partial charge on any atom is 0.225 e. The molecule has 0 atom stereocenters. The standard InChI is InChI=1S/C19H37N5O/c1-3-4-5-6-10-21-19(20-2)22-11-12-23-13-15-24(16-14-23)18(25)17-8-7-9-17/h17H,3-16H2,1-2H3,(H2,20,21,22). The second kappa shape index (κ2) is 11.3. The Hall–Kier alpha value is -1.30. The average molecular weight is 352 g/mol. The second-order valence-electron chi connectivity index (χ2n) is 7.28. The highest BCUT2D eigenvalue weighted by Crippen LogP contribution is 2.28. The van der Waals surface area contributed by atoms with Crippen LogP contribution in [0.15, 0.2) is 4.99 Å². The largest absolute Gasteiger partial charge is 0.356 e. The Kier molecular flexibility index (Phi) is 9.08. The summed E-state index contributed by atoms with van der Waals surface area (Å²) in [6, 6.07) is 0. The van der Waals surface area contributed by atoms with E-state index in [1.54, 1.807) is 0 Å². The first-order valence-electron chi connectivity index (χ1n) is 10.2. The summed E-state index contributed by atoms with van der Waals surface area (Å²) in [6.07, 6.45) is 8.50. The molecule has 25 heavy (non-hydrogen) atoms. The Balaban J connectivity index is 1.53. The molecule has 2 fully saturated rings. The van der Waals surface area contributed by atoms with Crippen molar-refractivity contribution in [3.8, 4) is 0 Å². The maximum atomic E-state index is 12.3. The summed E-state index contributed by atoms with van der Waals surface area (Å²) in [5.41, 5.74) is 0. The molecule has 0 aromatic heterocycles. The number of carbonyl (C=O) groups is 1. The lowest BCUT2D eigenvalue weighted by Gasteiger charge is -2.38. The molecule has 1 aliphatic heterocycles. The first kappa shape index (κ1) is 20.0. The van der Waals surface area contributed by atoms with Crippen LogP contribution in [0, 0.1) is 5.92 Å². The van der Waals surface area contributed by atoms with Crippen LogP contribution >= 0.6 is 0 Å². The number of nitrogens with zero attached hydrogens (tertiary/aromatic N) is 3. The molecule has 0 spiro atoms. The van der Waals surface area contributed by atoms with Crippen LogP contribution in [0.1, 0.15) is 51.9 Å². The van der Waals surface area contributed by atoms with Gasteiger partial charge in [0, 0.05) is 58.8 Å². The molecule has 6 nitrogen and oxygen atoms in total. The molecular weight excluding hydrogens is 314 g/mol. The molecule has 1 heterocycles. The highest BCUT2D eigenvalue weighted by molar-refractivity contribution is 5.80. The van der Waals surface area contributed by atoms with E-state index in [1.807, 2.05) is 7.05 Å². The van der Waals surface area contributed by atoms with Gasteiger partial charge in [-0.05, 0) is 19.3 Å². The van der Waals surface area contributed by atoms with Crippen molar-refractivity contribution in [2.75, 3.05) is 52.9 Å². The number of aliphatic imine (C=N–C) groups is 1. The van der Waals surface area contributed by atoms with Crippen LogP contribution in [0.2, 0.25) is 0 Å². The highest BCUT2D eigenvalue weighted by Gasteiger charge is 2.30. The highest BCUT2D eigenvalue weighted by atomic mass is 16.2. The first-order chi connectivity index (χ1) is 12.2. The number of guanidine groups is 1. The van der Waals surface area contributed by atoms with Crippen LogP contribution in [-0.4, -0.2) is 74.5 Å². The monoisotopic (exact) mass is 351 g/mol. The van der Waals surface area contributed by atoms with Gasteiger partial charge < -0.3 is 15.5 Å². The summed E-state index contributed by atoms with van der Waals surface area (Å²) in [5.74, 6) is 1.63. The first-order valence-corrected chi connectivity index (χ1v) is 10.2. The lowest BCUT2D eigenvalue weighted by molar-refractivity contribution is -0.139. The molecule has 1 aliphatic carbocycles. The lowest BCUT2D eigenvalue weighted by Crippen LogP contribution is -2.52. The SMILES string of the molecule is CCCCCCNC(=NC)NCCN1CCN(C(=O)C2CCC2)CC1. The van der Waals surface area contributed by atoms with Crippen LogP contribution < -0.4 is 10.6 Å². The van der Waals surface area contributed by atoms with Gasteiger partial charge in [-0.2, -0.15) is 0 Å². The minimum Gasteiger partial charge on any atom is -0.356 e. The summed E-state index contributed by atoms with van der Waals surface area (Å²) in [7, 11) is 1.83. The van der Waals surface area contributed by atoms with Gasteiger partial charge in [-0.1, -0.05) is 32.6 Å². The summed E-state index contributed by atoms with van der Waals surface area (Å²) in [4.78, 5) is 21.1. The molecule has 0 aromatic rings. The molecule has 0 bridgehead atoms. The van der Waals surface area contributed by atoms with Crippen LogP contribution in [0.5, 0.6) is 0 Å². The Morgan fingerprint density at radius 1 is 1.04 bits per heavy atom. The van der Waals surface area contributed by atoms with Crippen molar-refractivity contribution in [3.63, 3.8) is 0 Å². The molecule has 2 aliphatic rings. The molecule has 0 radical (unpaired) electrons. The van der Waals surface area contributed by atoms with Gasteiger partial charge in [-0.3, -0.25) is 14.7 Å². The normalized spacial score (nSPS) is 19.6. The van der Waals surface area contributed by atoms with E-state index in [2.05, 4.69) is 32.3 Å². The number of unbranched alkanes of at least 4 members (excludes halogenated alkanes) is 3. The van der Waals surface area contributed by atoms with Crippen molar-refractivity contribution < 1.29 is 4.79 Å². The van der Waals surface area contributed by atoms with Crippen LogP contribution in [0.3, 0.4) is 0 Å². The van der Waals surface area contributed by atoms with Gasteiger partial charge in [0.05, 0.1) is 0 Å². The molecular formula is C19H37N5O. The van der Waals surface area contributed by atoms with Gasteiger partial charge >= 0.3 is 0 Å². The number of nitrogens with one attached hydrogen (secondary N) is 2. The summed E-state index contributed by atoms with van der Waals surface area (Å²) in [5, 5.41) is 6.78. The molecule has 0 aromatic carbocycles. The van der Waals surface area contributed by atoms with E-state index in [9.17, 15) is 4.79 Å². The number of piperazine rings is 1. The summed E-state index contributed by atoms with van der Waals surface area (Å²) >= 11 is 0. The number of hydrogen-bond acceptors (Lipinski definition) is 3. The summed E-state index contributed by atoms with van der Waals surface area (Å²) < 4.78 is 0. The zero-order valence-electron chi connectivity index (χ0n) is 16.2. The lowest BCUT2D eigenvalue weighted by atomic mass is 9.84. The zero-order valence-corrected chi connectivity index (χ0v) is 16.2. The number of hydrogen-bond donors (Lipinski definition) is 2. The molecule has 1 amide bonds. The quantitative estimate of drug-likeness (QED) is 0.377. The van der Waals surface area contributed by atoms with Crippen molar-refractivity contribution in [2.24, 2.45) is 10.9 Å². The van der Waals surface area contributed by atoms with Gasteiger partial charge in [0.25, 0.3) is 0 Å². The third-order valence-electron chi connectivity index (χ3n) is 5.41. The fourth-order valence-corrected chi connectivity index (χ4v) is 3.42. The van der Waals surface area contributed by atoms with E-state index in [4.69, 9.17) is 0 Å². The van der Waals surface area contributed by atoms with Crippen molar-refractivity contribution in [3.05, 3.63) is 0 Å². The predicted octanol–water partition coefficient (Wildman–Crippen LogP) is 1.68. The average Bonchev–Trinajstić information content (AvgIpc) is 2.59. The summed E-state index contributed by atoms with van der Waals surface area (Å²) in [6.45, 7) is 8.87. The number of amides is 1.